The van der Waals surface area contributed by atoms with Crippen molar-refractivity contribution in [2.45, 2.75) is 0 Å². The fourth-order valence-electron chi connectivity index (χ4n) is 3.14. The van der Waals surface area contributed by atoms with E-state index in [0.717, 1.165) is 21.0 Å². The molecule has 6 heteroatoms. The van der Waals surface area contributed by atoms with Gasteiger partial charge < -0.3 is 14.0 Å². The van der Waals surface area contributed by atoms with Gasteiger partial charge in [-0.2, -0.15) is 4.99 Å². The number of hydrogen-bond donors (Lipinski definition) is 0. The van der Waals surface area contributed by atoms with E-state index in [1.54, 1.807) is 32.4 Å². The molecule has 4 rings (SSSR count). The van der Waals surface area contributed by atoms with Crippen molar-refractivity contribution in [3.8, 4) is 11.5 Å². The number of nitrogens with zero attached hydrogens (tertiary/aromatic N) is 2. The SMILES string of the molecule is COc1ccc(C(=O)N=c2sc3ccc4ccccc4c3n2C)cc1OC. The highest BCUT2D eigenvalue weighted by atomic mass is 32.1. The molecule has 0 aliphatic heterocycles. The van der Waals surface area contributed by atoms with Gasteiger partial charge in [0, 0.05) is 18.0 Å². The maximum atomic E-state index is 12.7. The molecule has 1 aromatic heterocycles. The summed E-state index contributed by atoms with van der Waals surface area (Å²) in [7, 11) is 5.04. The summed E-state index contributed by atoms with van der Waals surface area (Å²) in [6.07, 6.45) is 0. The summed E-state index contributed by atoms with van der Waals surface area (Å²) in [4.78, 5) is 17.7. The Hall–Kier alpha value is -3.12. The van der Waals surface area contributed by atoms with Crippen molar-refractivity contribution in [1.82, 2.24) is 4.57 Å². The van der Waals surface area contributed by atoms with Crippen LogP contribution in [-0.4, -0.2) is 24.7 Å². The van der Waals surface area contributed by atoms with Crippen LogP contribution in [0.15, 0.2) is 59.6 Å². The van der Waals surface area contributed by atoms with E-state index >= 15 is 0 Å². The fraction of sp³-hybridized carbons (Fsp3) is 0.143. The highest BCUT2D eigenvalue weighted by Crippen LogP contribution is 2.28. The lowest BCUT2D eigenvalue weighted by Gasteiger charge is -2.07. The van der Waals surface area contributed by atoms with Gasteiger partial charge in [0.15, 0.2) is 16.3 Å². The zero-order valence-electron chi connectivity index (χ0n) is 15.2. The third-order valence-electron chi connectivity index (χ3n) is 4.51. The van der Waals surface area contributed by atoms with Crippen molar-refractivity contribution in [2.75, 3.05) is 14.2 Å². The van der Waals surface area contributed by atoms with Crippen LogP contribution in [0.1, 0.15) is 10.4 Å². The molecule has 0 fully saturated rings. The summed E-state index contributed by atoms with van der Waals surface area (Å²) < 4.78 is 13.6. The Morgan fingerprint density at radius 2 is 1.78 bits per heavy atom. The first-order chi connectivity index (χ1) is 13.1. The Morgan fingerprint density at radius 1 is 1.00 bits per heavy atom. The van der Waals surface area contributed by atoms with Crippen molar-refractivity contribution >= 4 is 38.2 Å². The summed E-state index contributed by atoms with van der Waals surface area (Å²) in [6, 6.07) is 17.4. The topological polar surface area (TPSA) is 52.8 Å². The first kappa shape index (κ1) is 17.3. The number of fused-ring (bicyclic) bond motifs is 3. The van der Waals surface area contributed by atoms with Gasteiger partial charge in [-0.15, -0.1) is 0 Å². The third-order valence-corrected chi connectivity index (χ3v) is 5.61. The Kier molecular flexibility index (Phi) is 4.41. The molecule has 0 saturated carbocycles. The number of rotatable bonds is 3. The molecule has 1 heterocycles. The van der Waals surface area contributed by atoms with Gasteiger partial charge in [-0.25, -0.2) is 0 Å². The minimum absolute atomic E-state index is 0.317. The Morgan fingerprint density at radius 3 is 2.56 bits per heavy atom. The third kappa shape index (κ3) is 2.98. The number of hydrogen-bond acceptors (Lipinski definition) is 4. The average molecular weight is 378 g/mol. The van der Waals surface area contributed by atoms with Crippen molar-refractivity contribution in [3.05, 3.63) is 65.0 Å². The Bertz CT molecular complexity index is 1240. The minimum Gasteiger partial charge on any atom is -0.493 e. The lowest BCUT2D eigenvalue weighted by atomic mass is 10.1. The molecule has 0 radical (unpaired) electrons. The van der Waals surface area contributed by atoms with E-state index in [4.69, 9.17) is 9.47 Å². The van der Waals surface area contributed by atoms with Crippen LogP contribution in [0.4, 0.5) is 0 Å². The van der Waals surface area contributed by atoms with Gasteiger partial charge in [-0.1, -0.05) is 41.7 Å². The van der Waals surface area contributed by atoms with Gasteiger partial charge >= 0.3 is 0 Å². The fourth-order valence-corrected chi connectivity index (χ4v) is 4.18. The van der Waals surface area contributed by atoms with Gasteiger partial charge in [-0.3, -0.25) is 4.79 Å². The van der Waals surface area contributed by atoms with Crippen LogP contribution in [0.2, 0.25) is 0 Å². The number of aromatic nitrogens is 1. The van der Waals surface area contributed by atoms with Crippen LogP contribution in [0.3, 0.4) is 0 Å². The van der Waals surface area contributed by atoms with Crippen LogP contribution in [0, 0.1) is 0 Å². The van der Waals surface area contributed by atoms with Crippen molar-refractivity contribution in [2.24, 2.45) is 12.0 Å². The van der Waals surface area contributed by atoms with Gasteiger partial charge in [0.05, 0.1) is 24.4 Å². The quantitative estimate of drug-likeness (QED) is 0.538. The van der Waals surface area contributed by atoms with E-state index < -0.39 is 0 Å². The molecule has 0 N–H and O–H groups in total. The van der Waals surface area contributed by atoms with E-state index in [0.29, 0.717) is 21.9 Å². The number of carbonyl (C=O) groups excluding carboxylic acids is 1. The average Bonchev–Trinajstić information content (AvgIpc) is 3.03. The Labute approximate surface area is 160 Å². The monoisotopic (exact) mass is 378 g/mol. The van der Waals surface area contributed by atoms with Crippen molar-refractivity contribution < 1.29 is 14.3 Å². The smallest absolute Gasteiger partial charge is 0.279 e. The van der Waals surface area contributed by atoms with E-state index in [9.17, 15) is 4.79 Å². The zero-order valence-corrected chi connectivity index (χ0v) is 16.0. The van der Waals surface area contributed by atoms with Crippen LogP contribution in [0.5, 0.6) is 11.5 Å². The molecule has 4 aromatic rings. The highest BCUT2D eigenvalue weighted by Gasteiger charge is 2.12. The van der Waals surface area contributed by atoms with Crippen LogP contribution >= 0.6 is 11.3 Å². The standard InChI is InChI=1S/C21H18N2O3S/c1-23-19-15-7-5-4-6-13(15)9-11-18(19)27-21(23)22-20(24)14-8-10-16(25-2)17(12-14)26-3/h4-12H,1-3H3. The lowest BCUT2D eigenvalue weighted by Crippen LogP contribution is -2.13. The molecule has 0 atom stereocenters. The summed E-state index contributed by atoms with van der Waals surface area (Å²) in [5, 5.41) is 2.31. The molecule has 27 heavy (non-hydrogen) atoms. The summed E-state index contributed by atoms with van der Waals surface area (Å²) >= 11 is 1.50. The van der Waals surface area contributed by atoms with Crippen LogP contribution in [0.25, 0.3) is 21.0 Å². The highest BCUT2D eigenvalue weighted by molar-refractivity contribution is 7.16. The summed E-state index contributed by atoms with van der Waals surface area (Å²) in [5.41, 5.74) is 1.53. The first-order valence-corrected chi connectivity index (χ1v) is 9.22. The summed E-state index contributed by atoms with van der Waals surface area (Å²) in [6.45, 7) is 0. The second kappa shape index (κ2) is 6.89. The normalized spacial score (nSPS) is 11.9. The number of thiazole rings is 1. The second-order valence-corrected chi connectivity index (χ2v) is 7.07. The van der Waals surface area contributed by atoms with Crippen LogP contribution < -0.4 is 14.3 Å². The maximum absolute atomic E-state index is 12.7. The lowest BCUT2D eigenvalue weighted by molar-refractivity contribution is 0.0997. The predicted molar refractivity (Wildman–Crippen MR) is 108 cm³/mol. The number of methoxy groups -OCH3 is 2. The molecule has 3 aromatic carbocycles. The molecular formula is C21H18N2O3S. The predicted octanol–water partition coefficient (Wildman–Crippen LogP) is 4.15. The van der Waals surface area contributed by atoms with E-state index in [1.165, 1.54) is 11.3 Å². The second-order valence-electron chi connectivity index (χ2n) is 6.06. The van der Waals surface area contributed by atoms with Gasteiger partial charge in [0.1, 0.15) is 0 Å². The number of ether oxygens (including phenoxy) is 2. The van der Waals surface area contributed by atoms with Gasteiger partial charge in [0.25, 0.3) is 5.91 Å². The molecule has 0 spiro atoms. The number of aryl methyl sites for hydroxylation is 1. The molecular weight excluding hydrogens is 360 g/mol. The largest absolute Gasteiger partial charge is 0.493 e. The molecule has 0 bridgehead atoms. The molecule has 0 aliphatic carbocycles. The number of carbonyl (C=O) groups is 1. The van der Waals surface area contributed by atoms with Crippen LogP contribution in [-0.2, 0) is 7.05 Å². The van der Waals surface area contributed by atoms with E-state index in [2.05, 4.69) is 29.3 Å². The zero-order chi connectivity index (χ0) is 19.0. The number of amides is 1. The molecule has 5 nitrogen and oxygen atoms in total. The maximum Gasteiger partial charge on any atom is 0.279 e. The van der Waals surface area contributed by atoms with E-state index in [-0.39, 0.29) is 5.91 Å². The van der Waals surface area contributed by atoms with Gasteiger partial charge in [0.2, 0.25) is 0 Å². The van der Waals surface area contributed by atoms with Gasteiger partial charge in [-0.05, 0) is 29.7 Å². The molecule has 136 valence electrons. The molecule has 1 amide bonds. The summed E-state index contributed by atoms with van der Waals surface area (Å²) in [5.74, 6) is 0.764. The number of benzene rings is 3. The first-order valence-electron chi connectivity index (χ1n) is 8.40. The van der Waals surface area contributed by atoms with Crippen molar-refractivity contribution in [3.63, 3.8) is 0 Å². The molecule has 0 unspecified atom stereocenters. The Balaban J connectivity index is 1.84. The van der Waals surface area contributed by atoms with E-state index in [1.807, 2.05) is 23.7 Å². The molecule has 0 aliphatic rings. The minimum atomic E-state index is -0.317. The molecule has 0 saturated heterocycles. The van der Waals surface area contributed by atoms with Crippen molar-refractivity contribution in [1.29, 1.82) is 0 Å².